The van der Waals surface area contributed by atoms with Crippen molar-refractivity contribution in [3.05, 3.63) is 120 Å². The first-order chi connectivity index (χ1) is 48.2. The van der Waals surface area contributed by atoms with Crippen LogP contribution in [-0.2, 0) is 13.1 Å². The maximum atomic E-state index is 16.9. The summed E-state index contributed by atoms with van der Waals surface area (Å²) in [7, 11) is -3.72. The second-order valence-corrected chi connectivity index (χ2v) is 43.0. The first-order valence-electron chi connectivity index (χ1n) is 37.8. The van der Waals surface area contributed by atoms with Gasteiger partial charge in [0.2, 0.25) is 0 Å². The molecule has 0 saturated heterocycles. The van der Waals surface area contributed by atoms with Crippen LogP contribution >= 0.6 is 45.3 Å². The number of benzene rings is 4. The fraction of sp³-hybridized carbons (Fsp3) is 0.470. The van der Waals surface area contributed by atoms with Gasteiger partial charge in [0, 0.05) is 79.0 Å². The molecule has 0 N–H and O–H groups in total. The fourth-order valence-electron chi connectivity index (χ4n) is 15.3. The number of hydrogen-bond acceptors (Lipinski definition) is 10. The van der Waals surface area contributed by atoms with Crippen molar-refractivity contribution >= 4 is 115 Å². The van der Waals surface area contributed by atoms with Crippen LogP contribution in [0.3, 0.4) is 0 Å². The first-order valence-corrected chi connectivity index (χ1v) is 46.3. The number of halogens is 2. The zero-order valence-corrected chi connectivity index (χ0v) is 66.2. The molecule has 99 heavy (non-hydrogen) atoms. The van der Waals surface area contributed by atoms with Crippen LogP contribution in [0.1, 0.15) is 190 Å². The van der Waals surface area contributed by atoms with E-state index >= 15 is 8.78 Å². The smallest absolute Gasteiger partial charge is 0.168 e. The SMILES string of the molecule is CCCCC(CC)Cn1nc2c(-c3cc4c(-c5ccc([Si](CCCC)(CCCC)CCCC)s5)c5oc(C)cc5c(-c5ccc([Si](CCCC)(CCCC)CCCC)s5)c4o3)ccc(-c3ccc(-c4ccc(-c5ccc(-c6ccc(C)c7nn(CC(C)CC)nc67)s5)c(F)c4F)s3)c2n1. The van der Waals surface area contributed by atoms with Gasteiger partial charge >= 0.3 is 0 Å². The summed E-state index contributed by atoms with van der Waals surface area (Å²) in [5, 5.41) is 22.9. The lowest BCUT2D eigenvalue weighted by atomic mass is 9.98. The summed E-state index contributed by atoms with van der Waals surface area (Å²) in [5.41, 5.74) is 11.4. The third-order valence-electron chi connectivity index (χ3n) is 21.5. The monoisotopic (exact) mass is 1440 g/mol. The Morgan fingerprint density at radius 1 is 0.414 bits per heavy atom. The molecule has 2 unspecified atom stereocenters. The minimum absolute atomic E-state index is 0.220. The lowest BCUT2D eigenvalue weighted by molar-refractivity contribution is 0.351. The topological polar surface area (TPSA) is 87.7 Å². The van der Waals surface area contributed by atoms with Gasteiger partial charge in [-0.1, -0.05) is 239 Å². The molecule has 0 fully saturated rings. The molecule has 12 rings (SSSR count). The number of thiophene rings is 4. The average Bonchev–Trinajstić information content (AvgIpc) is 1.57. The molecule has 8 nitrogen and oxygen atoms in total. The van der Waals surface area contributed by atoms with Gasteiger partial charge in [0.1, 0.15) is 44.8 Å². The number of fused-ring (bicyclic) bond motifs is 4. The summed E-state index contributed by atoms with van der Waals surface area (Å²) in [4.78, 5) is 9.31. The molecule has 0 radical (unpaired) electrons. The van der Waals surface area contributed by atoms with Crippen LogP contribution in [0.5, 0.6) is 0 Å². The second kappa shape index (κ2) is 32.5. The van der Waals surface area contributed by atoms with Crippen molar-refractivity contribution in [2.75, 3.05) is 0 Å². The van der Waals surface area contributed by atoms with Gasteiger partial charge in [-0.2, -0.15) is 30.0 Å². The molecule has 0 spiro atoms. The van der Waals surface area contributed by atoms with Crippen molar-refractivity contribution in [1.82, 2.24) is 30.0 Å². The lowest BCUT2D eigenvalue weighted by Gasteiger charge is -2.31. The van der Waals surface area contributed by atoms with Crippen molar-refractivity contribution < 1.29 is 17.6 Å². The number of rotatable bonds is 36. The van der Waals surface area contributed by atoms with Gasteiger partial charge in [0.05, 0.1) is 29.2 Å². The van der Waals surface area contributed by atoms with E-state index in [1.807, 2.05) is 51.7 Å². The van der Waals surface area contributed by atoms with Crippen molar-refractivity contribution in [1.29, 1.82) is 0 Å². The van der Waals surface area contributed by atoms with Crippen LogP contribution in [-0.4, -0.2) is 46.1 Å². The molecule has 8 heterocycles. The Balaban J connectivity index is 0.989. The largest absolute Gasteiger partial charge is 0.461 e. The Morgan fingerprint density at radius 2 is 0.808 bits per heavy atom. The Kier molecular flexibility index (Phi) is 23.8. The van der Waals surface area contributed by atoms with E-state index in [2.05, 4.69) is 144 Å². The Hall–Kier alpha value is -6.15. The van der Waals surface area contributed by atoms with Crippen molar-refractivity contribution in [3.8, 4) is 74.0 Å². The van der Waals surface area contributed by atoms with E-state index in [-0.39, 0.29) is 11.1 Å². The first kappa shape index (κ1) is 72.6. The van der Waals surface area contributed by atoms with Gasteiger partial charge in [0.25, 0.3) is 0 Å². The van der Waals surface area contributed by atoms with Gasteiger partial charge in [0.15, 0.2) is 11.6 Å². The van der Waals surface area contributed by atoms with Crippen LogP contribution in [0.25, 0.3) is 118 Å². The summed E-state index contributed by atoms with van der Waals surface area (Å²) in [6.45, 7) is 28.6. The zero-order valence-electron chi connectivity index (χ0n) is 61.0. The van der Waals surface area contributed by atoms with E-state index in [4.69, 9.17) is 29.2 Å². The number of hydrogen-bond donors (Lipinski definition) is 0. The molecule has 16 heteroatoms. The van der Waals surface area contributed by atoms with Gasteiger partial charge in [-0.25, -0.2) is 8.78 Å². The number of aromatic nitrogens is 6. The molecule has 12 aromatic rings. The highest BCUT2D eigenvalue weighted by molar-refractivity contribution is 7.30. The van der Waals surface area contributed by atoms with Crippen LogP contribution < -0.4 is 9.00 Å². The van der Waals surface area contributed by atoms with Crippen LogP contribution in [0.15, 0.2) is 106 Å². The normalized spacial score (nSPS) is 13.1. The third kappa shape index (κ3) is 14.9. The highest BCUT2D eigenvalue weighted by Crippen LogP contribution is 2.52. The molecule has 4 aromatic carbocycles. The number of unbranched alkanes of at least 4 members (excludes halogenated alkanes) is 7. The minimum Gasteiger partial charge on any atom is -0.461 e. The number of furan rings is 2. The van der Waals surface area contributed by atoms with E-state index in [0.717, 1.165) is 137 Å². The molecule has 2 atom stereocenters. The highest BCUT2D eigenvalue weighted by Gasteiger charge is 2.38. The molecular weight excluding hydrogens is 1340 g/mol. The molecule has 524 valence electrons. The summed E-state index contributed by atoms with van der Waals surface area (Å²) in [6.07, 6.45) is 20.4. The predicted molar refractivity (Wildman–Crippen MR) is 429 cm³/mol. The summed E-state index contributed by atoms with van der Waals surface area (Å²) < 4.78 is 51.8. The van der Waals surface area contributed by atoms with Gasteiger partial charge < -0.3 is 8.83 Å². The summed E-state index contributed by atoms with van der Waals surface area (Å²) >= 11 is 6.96. The second-order valence-electron chi connectivity index (χ2n) is 28.8. The van der Waals surface area contributed by atoms with Gasteiger partial charge in [-0.15, -0.1) is 45.3 Å². The number of aryl methyl sites for hydroxylation is 2. The Bertz CT molecular complexity index is 4540. The lowest BCUT2D eigenvalue weighted by Crippen LogP contribution is -2.45. The van der Waals surface area contributed by atoms with E-state index in [1.54, 1.807) is 25.9 Å². The summed E-state index contributed by atoms with van der Waals surface area (Å²) in [6, 6.07) is 42.2. The van der Waals surface area contributed by atoms with Crippen LogP contribution in [0.2, 0.25) is 36.3 Å². The molecular formula is C83H104F2N6O2S4Si2. The van der Waals surface area contributed by atoms with E-state index in [1.165, 1.54) is 146 Å². The summed E-state index contributed by atoms with van der Waals surface area (Å²) in [5.74, 6) is 0.734. The van der Waals surface area contributed by atoms with E-state index in [0.29, 0.717) is 28.1 Å². The highest BCUT2D eigenvalue weighted by atomic mass is 32.1. The fourth-order valence-corrected chi connectivity index (χ4v) is 33.3. The quantitative estimate of drug-likeness (QED) is 0.0364. The van der Waals surface area contributed by atoms with Gasteiger partial charge in [-0.3, -0.25) is 0 Å². The van der Waals surface area contributed by atoms with Crippen molar-refractivity contribution in [2.45, 2.75) is 242 Å². The van der Waals surface area contributed by atoms with E-state index in [9.17, 15) is 0 Å². The third-order valence-corrected chi connectivity index (χ3v) is 39.1. The molecule has 0 aliphatic carbocycles. The molecule has 0 amide bonds. The predicted octanol–water partition coefficient (Wildman–Crippen LogP) is 26.9. The van der Waals surface area contributed by atoms with Crippen LogP contribution in [0.4, 0.5) is 8.78 Å². The van der Waals surface area contributed by atoms with E-state index < -0.39 is 27.8 Å². The maximum Gasteiger partial charge on any atom is 0.168 e. The van der Waals surface area contributed by atoms with Gasteiger partial charge in [-0.05, 0) is 113 Å². The molecule has 0 saturated carbocycles. The van der Waals surface area contributed by atoms with Crippen molar-refractivity contribution in [3.63, 3.8) is 0 Å². The molecule has 0 aliphatic heterocycles. The molecule has 0 aliphatic rings. The average molecular weight is 1440 g/mol. The molecule has 0 bridgehead atoms. The Labute approximate surface area is 605 Å². The maximum absolute atomic E-state index is 16.9. The van der Waals surface area contributed by atoms with Crippen LogP contribution in [0, 0.1) is 37.3 Å². The standard InChI is InChI=1S/C83H104F2N6O2S4Si2/c1-13-22-29-57(21-9)53-91-87-79-58(32-35-62(81(79)89-91)69-39-37-67(95-69)60-34-33-59(76(84)77(60)85)66-36-38-68(94-66)61-31-30-55(11)78-80(61)88-90(86-78)52-54(10)20-8)65-51-64-75(71-41-43-73(97-71)99(47-26-17-5,48-27-18-6)49-28-19-7)82-63(50-56(12)92-82)74(83(64)93-65)70-40-42-72(96-70)98(44-23-14-2,45-24-15-3)46-25-16-4/h30-43,50-51,54,57H,13-29,44-49,52-53H2,1-12H3. The Morgan fingerprint density at radius 3 is 1.28 bits per heavy atom. The molecule has 8 aromatic heterocycles. The zero-order chi connectivity index (χ0) is 69.5. The minimum atomic E-state index is -1.86. The number of nitrogens with zero attached hydrogens (tertiary/aromatic N) is 6. The van der Waals surface area contributed by atoms with Crippen molar-refractivity contribution in [2.24, 2.45) is 11.8 Å².